The number of aromatic hydroxyl groups is 1. The van der Waals surface area contributed by atoms with Crippen LogP contribution in [0.2, 0.25) is 0 Å². The molecular weight excluding hydrogens is 372 g/mol. The first-order valence-electron chi connectivity index (χ1n) is 7.48. The smallest absolute Gasteiger partial charge is 0.278 e. The zero-order chi connectivity index (χ0) is 17.3. The molecule has 5 nitrogen and oxygen atoms in total. The number of halogens is 1. The predicted molar refractivity (Wildman–Crippen MR) is 93.8 cm³/mol. The van der Waals surface area contributed by atoms with Crippen molar-refractivity contribution in [1.82, 2.24) is 10.4 Å². The summed E-state index contributed by atoms with van der Waals surface area (Å²) in [4.78, 5) is 12.9. The molecule has 2 aromatic rings. The number of hydrogen-bond acceptors (Lipinski definition) is 4. The zero-order valence-corrected chi connectivity index (χ0v) is 14.6. The molecule has 6 heteroatoms. The van der Waals surface area contributed by atoms with E-state index in [2.05, 4.69) is 21.4 Å². The third-order valence-corrected chi connectivity index (χ3v) is 4.58. The van der Waals surface area contributed by atoms with Gasteiger partial charge in [0.2, 0.25) is 0 Å². The van der Waals surface area contributed by atoms with Crippen LogP contribution in [0, 0.1) is 0 Å². The number of carbonyl (C=O) groups is 1. The highest BCUT2D eigenvalue weighted by molar-refractivity contribution is 9.10. The van der Waals surface area contributed by atoms with E-state index in [4.69, 9.17) is 0 Å². The molecule has 1 fully saturated rings. The molecular formula is C18H17BrN2O3. The van der Waals surface area contributed by atoms with E-state index in [9.17, 15) is 15.0 Å². The average molecular weight is 389 g/mol. The van der Waals surface area contributed by atoms with Gasteiger partial charge in [-0.2, -0.15) is 0 Å². The van der Waals surface area contributed by atoms with E-state index < -0.39 is 11.6 Å². The molecule has 0 spiro atoms. The summed E-state index contributed by atoms with van der Waals surface area (Å²) >= 11 is 3.37. The lowest BCUT2D eigenvalue weighted by Crippen LogP contribution is -2.49. The summed E-state index contributed by atoms with van der Waals surface area (Å²) in [5.41, 5.74) is 2.83. The Hall–Kier alpha value is -2.31. The summed E-state index contributed by atoms with van der Waals surface area (Å²) in [6, 6.07) is 13.4. The van der Waals surface area contributed by atoms with Gasteiger partial charge in [-0.3, -0.25) is 10.2 Å². The van der Waals surface area contributed by atoms with Crippen molar-refractivity contribution in [1.29, 1.82) is 0 Å². The topological polar surface area (TPSA) is 72.8 Å². The summed E-state index contributed by atoms with van der Waals surface area (Å²) in [6.07, 6.45) is 2.05. The molecule has 3 rings (SSSR count). The highest BCUT2D eigenvalue weighted by Crippen LogP contribution is 2.38. The first kappa shape index (κ1) is 16.5. The molecule has 24 heavy (non-hydrogen) atoms. The number of carbonyl (C=O) groups excluding carboxylic acids is 1. The number of rotatable bonds is 2. The highest BCUT2D eigenvalue weighted by Gasteiger charge is 2.46. The minimum Gasteiger partial charge on any atom is -0.507 e. The number of benzene rings is 2. The highest BCUT2D eigenvalue weighted by atomic mass is 79.9. The minimum absolute atomic E-state index is 0.123. The van der Waals surface area contributed by atoms with Crippen LogP contribution in [0.5, 0.6) is 5.75 Å². The predicted octanol–water partition coefficient (Wildman–Crippen LogP) is 3.25. The molecule has 2 aromatic carbocycles. The normalized spacial score (nSPS) is 21.8. The maximum Gasteiger partial charge on any atom is 0.278 e. The van der Waals surface area contributed by atoms with E-state index in [0.717, 1.165) is 10.2 Å². The van der Waals surface area contributed by atoms with Gasteiger partial charge in [-0.25, -0.2) is 5.01 Å². The number of allylic oxidation sites excluding steroid dienone is 1. The molecule has 0 radical (unpaired) electrons. The fourth-order valence-corrected chi connectivity index (χ4v) is 2.99. The molecule has 0 aromatic heterocycles. The van der Waals surface area contributed by atoms with Crippen molar-refractivity contribution in [2.45, 2.75) is 19.1 Å². The zero-order valence-electron chi connectivity index (χ0n) is 13.0. The number of nitrogens with one attached hydrogen (secondary N) is 1. The van der Waals surface area contributed by atoms with E-state index in [1.165, 1.54) is 17.1 Å². The number of hydrazine groups is 1. The number of para-hydroxylation sites is 1. The maximum atomic E-state index is 12.9. The summed E-state index contributed by atoms with van der Waals surface area (Å²) in [5.74, 6) is -0.633. The van der Waals surface area contributed by atoms with Crippen molar-refractivity contribution >= 4 is 21.8 Å². The minimum atomic E-state index is -1.54. The molecule has 0 saturated carbocycles. The molecule has 1 unspecified atom stereocenters. The van der Waals surface area contributed by atoms with Crippen molar-refractivity contribution in [2.75, 3.05) is 0 Å². The Balaban J connectivity index is 2.05. The number of nitrogens with zero attached hydrogens (tertiary/aromatic N) is 1. The molecule has 1 amide bonds. The SMILES string of the molecule is CC=C1CC(O)(c2ccc(Br)cc2)N(C(=O)c2ccccc2O)N1. The monoisotopic (exact) mass is 388 g/mol. The van der Waals surface area contributed by atoms with Gasteiger partial charge in [0.1, 0.15) is 5.75 Å². The summed E-state index contributed by atoms with van der Waals surface area (Å²) < 4.78 is 0.880. The van der Waals surface area contributed by atoms with Crippen LogP contribution in [0.3, 0.4) is 0 Å². The summed E-state index contributed by atoms with van der Waals surface area (Å²) in [5, 5.41) is 22.4. The molecule has 1 aliphatic heterocycles. The molecule has 1 saturated heterocycles. The Bertz CT molecular complexity index is 804. The Kier molecular flexibility index (Phi) is 4.34. The fraction of sp³-hybridized carbons (Fsp3) is 0.167. The van der Waals surface area contributed by atoms with E-state index in [1.54, 1.807) is 24.3 Å². The largest absolute Gasteiger partial charge is 0.507 e. The second-order valence-corrected chi connectivity index (χ2v) is 6.50. The lowest BCUT2D eigenvalue weighted by Gasteiger charge is -2.32. The van der Waals surface area contributed by atoms with E-state index in [-0.39, 0.29) is 17.7 Å². The van der Waals surface area contributed by atoms with Gasteiger partial charge in [0.15, 0.2) is 5.72 Å². The van der Waals surface area contributed by atoms with Crippen LogP contribution >= 0.6 is 15.9 Å². The van der Waals surface area contributed by atoms with Crippen molar-refractivity contribution in [2.24, 2.45) is 0 Å². The second kappa shape index (κ2) is 6.30. The van der Waals surface area contributed by atoms with Gasteiger partial charge in [0.05, 0.1) is 5.56 Å². The van der Waals surface area contributed by atoms with E-state index >= 15 is 0 Å². The van der Waals surface area contributed by atoms with Gasteiger partial charge < -0.3 is 10.2 Å². The first-order valence-corrected chi connectivity index (χ1v) is 8.28. The van der Waals surface area contributed by atoms with Crippen LogP contribution in [0.1, 0.15) is 29.3 Å². The third kappa shape index (κ3) is 2.79. The maximum absolute atomic E-state index is 12.9. The lowest BCUT2D eigenvalue weighted by molar-refractivity contribution is -0.0836. The third-order valence-electron chi connectivity index (χ3n) is 4.05. The number of phenolic OH excluding ortho intramolecular Hbond substituents is 1. The van der Waals surface area contributed by atoms with Crippen LogP contribution in [0.4, 0.5) is 0 Å². The van der Waals surface area contributed by atoms with Crippen LogP contribution in [0.15, 0.2) is 64.8 Å². The van der Waals surface area contributed by atoms with Gasteiger partial charge >= 0.3 is 0 Å². The number of amides is 1. The Morgan fingerprint density at radius 1 is 1.25 bits per heavy atom. The number of hydrogen-bond donors (Lipinski definition) is 3. The fourth-order valence-electron chi connectivity index (χ4n) is 2.73. The van der Waals surface area contributed by atoms with Crippen LogP contribution in [-0.2, 0) is 5.72 Å². The molecule has 124 valence electrons. The molecule has 3 N–H and O–H groups in total. The van der Waals surface area contributed by atoms with Gasteiger partial charge in [-0.1, -0.05) is 46.3 Å². The first-order chi connectivity index (χ1) is 11.5. The van der Waals surface area contributed by atoms with Crippen LogP contribution in [0.25, 0.3) is 0 Å². The standard InChI is InChI=1S/C18H17BrN2O3/c1-2-14-11-18(24,12-7-9-13(19)10-8-12)21(20-14)17(23)15-5-3-4-6-16(15)22/h2-10,20,22,24H,11H2,1H3. The molecule has 1 atom stereocenters. The summed E-state index contributed by atoms with van der Waals surface area (Å²) in [7, 11) is 0. The van der Waals surface area contributed by atoms with Crippen molar-refractivity contribution in [3.63, 3.8) is 0 Å². The van der Waals surface area contributed by atoms with Crippen LogP contribution in [-0.4, -0.2) is 21.1 Å². The van der Waals surface area contributed by atoms with Gasteiger partial charge in [-0.05, 0) is 31.2 Å². The summed E-state index contributed by atoms with van der Waals surface area (Å²) in [6.45, 7) is 1.83. The van der Waals surface area contributed by atoms with Crippen molar-refractivity contribution in [3.8, 4) is 5.75 Å². The Labute approximate surface area is 148 Å². The van der Waals surface area contributed by atoms with Crippen LogP contribution < -0.4 is 5.43 Å². The Morgan fingerprint density at radius 2 is 1.92 bits per heavy atom. The second-order valence-electron chi connectivity index (χ2n) is 5.58. The molecule has 0 bridgehead atoms. The molecule has 1 aliphatic rings. The Morgan fingerprint density at radius 3 is 2.54 bits per heavy atom. The van der Waals surface area contributed by atoms with E-state index in [0.29, 0.717) is 5.56 Å². The number of aliphatic hydroxyl groups is 1. The average Bonchev–Trinajstić information content (AvgIpc) is 2.93. The molecule has 1 heterocycles. The quantitative estimate of drug-likeness (QED) is 0.738. The van der Waals surface area contributed by atoms with Gasteiger partial charge in [-0.15, -0.1) is 0 Å². The van der Waals surface area contributed by atoms with Crippen molar-refractivity contribution in [3.05, 3.63) is 75.9 Å². The molecule has 0 aliphatic carbocycles. The van der Waals surface area contributed by atoms with Gasteiger partial charge in [0, 0.05) is 22.2 Å². The number of phenols is 1. The van der Waals surface area contributed by atoms with Crippen molar-refractivity contribution < 1.29 is 15.0 Å². The van der Waals surface area contributed by atoms with Gasteiger partial charge in [0.25, 0.3) is 5.91 Å². The lowest BCUT2D eigenvalue weighted by atomic mass is 9.98. The van der Waals surface area contributed by atoms with E-state index in [1.807, 2.05) is 25.1 Å².